The molecule has 5 aromatic rings. The molecule has 5 rings (SSSR count). The Morgan fingerprint density at radius 1 is 0.977 bits per heavy atom. The lowest BCUT2D eigenvalue weighted by atomic mass is 10.0. The maximum absolute atomic E-state index is 13.3. The third-order valence-electron chi connectivity index (χ3n) is 6.52. The predicted octanol–water partition coefficient (Wildman–Crippen LogP) is 7.11. The van der Waals surface area contributed by atoms with Gasteiger partial charge in [-0.25, -0.2) is 10.2 Å². The molecule has 0 aliphatic heterocycles. The van der Waals surface area contributed by atoms with E-state index >= 15 is 0 Å². The largest absolute Gasteiger partial charge is 0.490 e. The van der Waals surface area contributed by atoms with Crippen LogP contribution in [0.4, 0.5) is 13.2 Å². The van der Waals surface area contributed by atoms with Crippen LogP contribution in [0.1, 0.15) is 44.5 Å². The number of fused-ring (bicyclic) bond motifs is 1. The number of H-pyrrole nitrogens is 1. The van der Waals surface area contributed by atoms with Crippen molar-refractivity contribution in [2.24, 2.45) is 5.10 Å². The summed E-state index contributed by atoms with van der Waals surface area (Å²) in [6.45, 7) is 1.92. The minimum absolute atomic E-state index is 0.00526. The van der Waals surface area contributed by atoms with Crippen molar-refractivity contribution in [2.45, 2.75) is 13.1 Å². The second kappa shape index (κ2) is 12.5. The molecule has 0 aliphatic rings. The van der Waals surface area contributed by atoms with Crippen LogP contribution in [-0.2, 0) is 6.18 Å². The second-order valence-corrected chi connectivity index (χ2v) is 9.39. The number of benzene rings is 4. The number of nitrogens with one attached hydrogen (secondary N) is 2. The molecule has 0 saturated heterocycles. The van der Waals surface area contributed by atoms with Gasteiger partial charge in [-0.1, -0.05) is 48.5 Å². The molecule has 0 aliphatic carbocycles. The number of nitrogens with zero attached hydrogens (tertiary/aromatic N) is 2. The van der Waals surface area contributed by atoms with E-state index in [1.807, 2.05) is 36.4 Å². The lowest BCUT2D eigenvalue weighted by Gasteiger charge is -2.12. The number of halogens is 3. The lowest BCUT2D eigenvalue weighted by Crippen LogP contribution is -2.19. The quantitative estimate of drug-likeness (QED) is 0.0857. The highest BCUT2D eigenvalue weighted by Crippen LogP contribution is 2.34. The summed E-state index contributed by atoms with van der Waals surface area (Å²) >= 11 is 0. The number of aromatic nitrogens is 1. The number of alkyl halides is 3. The Balaban J connectivity index is 1.37. The first-order chi connectivity index (χ1) is 21.2. The van der Waals surface area contributed by atoms with Gasteiger partial charge in [-0.15, -0.1) is 0 Å². The number of hydrogen-bond acceptors (Lipinski definition) is 6. The number of carbonyl (C=O) groups excluding carboxylic acids is 2. The average Bonchev–Trinajstić information content (AvgIpc) is 3.42. The number of esters is 1. The maximum Gasteiger partial charge on any atom is 0.416 e. The van der Waals surface area contributed by atoms with E-state index < -0.39 is 23.6 Å². The molecular formula is C33H23F3N4O4. The van der Waals surface area contributed by atoms with Crippen LogP contribution < -0.4 is 14.9 Å². The number of amides is 1. The van der Waals surface area contributed by atoms with Crippen molar-refractivity contribution in [3.63, 3.8) is 0 Å². The molecule has 1 aromatic heterocycles. The zero-order chi connectivity index (χ0) is 31.3. The second-order valence-electron chi connectivity index (χ2n) is 9.39. The van der Waals surface area contributed by atoms with Gasteiger partial charge < -0.3 is 14.5 Å². The van der Waals surface area contributed by atoms with Gasteiger partial charge in [0.25, 0.3) is 5.91 Å². The van der Waals surface area contributed by atoms with E-state index in [1.165, 1.54) is 30.5 Å². The number of hydrogen-bond donors (Lipinski definition) is 2. The predicted molar refractivity (Wildman–Crippen MR) is 158 cm³/mol. The molecule has 44 heavy (non-hydrogen) atoms. The molecule has 11 heteroatoms. The molecular weight excluding hydrogens is 573 g/mol. The number of nitriles is 1. The van der Waals surface area contributed by atoms with Gasteiger partial charge in [0.2, 0.25) is 0 Å². The molecule has 0 bridgehead atoms. The van der Waals surface area contributed by atoms with Crippen molar-refractivity contribution in [3.8, 4) is 28.7 Å². The third-order valence-corrected chi connectivity index (χ3v) is 6.52. The van der Waals surface area contributed by atoms with E-state index in [4.69, 9.17) is 9.47 Å². The summed E-state index contributed by atoms with van der Waals surface area (Å²) in [7, 11) is 0. The van der Waals surface area contributed by atoms with Gasteiger partial charge >= 0.3 is 12.1 Å². The number of ether oxygens (including phenoxy) is 2. The smallest absolute Gasteiger partial charge is 0.416 e. The lowest BCUT2D eigenvalue weighted by molar-refractivity contribution is -0.137. The Kier molecular flexibility index (Phi) is 8.44. The highest BCUT2D eigenvalue weighted by Gasteiger charge is 2.31. The van der Waals surface area contributed by atoms with Gasteiger partial charge in [-0.2, -0.15) is 23.5 Å². The average molecular weight is 597 g/mol. The Hall–Kier alpha value is -5.89. The standard InChI is InChI=1S/C33H23F3N4O4/c1-2-43-27-16-20(14-15-26(27)44-32(42)22-10-6-12-24(17-22)33(34,35)36)19-38-40-31(41)30-28(21-8-4-3-5-9-21)25-13-7-11-23(18-37)29(25)39-30/h3-17,19,39H,2H2,1H3,(H,40,41). The fraction of sp³-hybridized carbons (Fsp3) is 0.0909. The fourth-order valence-corrected chi connectivity index (χ4v) is 4.55. The minimum Gasteiger partial charge on any atom is -0.490 e. The zero-order valence-corrected chi connectivity index (χ0v) is 23.1. The topological polar surface area (TPSA) is 117 Å². The summed E-state index contributed by atoms with van der Waals surface area (Å²) in [5.74, 6) is -1.39. The van der Waals surface area contributed by atoms with E-state index in [9.17, 15) is 28.0 Å². The number of carbonyl (C=O) groups is 2. The van der Waals surface area contributed by atoms with Crippen molar-refractivity contribution < 1.29 is 32.2 Å². The Bertz CT molecular complexity index is 1930. The third kappa shape index (κ3) is 6.29. The molecule has 1 heterocycles. The molecule has 0 spiro atoms. The minimum atomic E-state index is -4.61. The summed E-state index contributed by atoms with van der Waals surface area (Å²) in [5, 5.41) is 14.3. The van der Waals surface area contributed by atoms with Crippen LogP contribution in [0.5, 0.6) is 11.5 Å². The number of aromatic amines is 1. The molecule has 0 unspecified atom stereocenters. The van der Waals surface area contributed by atoms with Crippen molar-refractivity contribution in [1.82, 2.24) is 10.4 Å². The molecule has 220 valence electrons. The maximum atomic E-state index is 13.3. The van der Waals surface area contributed by atoms with Crippen molar-refractivity contribution >= 4 is 29.0 Å². The molecule has 0 atom stereocenters. The van der Waals surface area contributed by atoms with Gasteiger partial charge in [-0.3, -0.25) is 4.79 Å². The van der Waals surface area contributed by atoms with Crippen LogP contribution in [0, 0.1) is 11.3 Å². The molecule has 0 saturated carbocycles. The molecule has 1 amide bonds. The number of para-hydroxylation sites is 1. The zero-order valence-electron chi connectivity index (χ0n) is 23.1. The first kappa shape index (κ1) is 29.6. The van der Waals surface area contributed by atoms with Gasteiger partial charge in [0.1, 0.15) is 11.8 Å². The van der Waals surface area contributed by atoms with Gasteiger partial charge in [0.05, 0.1) is 35.0 Å². The van der Waals surface area contributed by atoms with Crippen LogP contribution in [0.2, 0.25) is 0 Å². The molecule has 4 aromatic carbocycles. The first-order valence-corrected chi connectivity index (χ1v) is 13.3. The molecule has 0 fully saturated rings. The molecule has 0 radical (unpaired) electrons. The normalized spacial score (nSPS) is 11.3. The Morgan fingerprint density at radius 3 is 2.48 bits per heavy atom. The monoisotopic (exact) mass is 596 g/mol. The Labute approximate surface area is 249 Å². The van der Waals surface area contributed by atoms with E-state index in [-0.39, 0.29) is 29.4 Å². The summed E-state index contributed by atoms with van der Waals surface area (Å²) < 4.78 is 50.1. The number of rotatable bonds is 8. The van der Waals surface area contributed by atoms with E-state index in [0.29, 0.717) is 33.7 Å². The SMILES string of the molecule is CCOc1cc(C=NNC(=O)c2[nH]c3c(C#N)cccc3c2-c2ccccc2)ccc1OC(=O)c1cccc(C(F)(F)F)c1. The fourth-order valence-electron chi connectivity index (χ4n) is 4.55. The Morgan fingerprint density at radius 2 is 1.75 bits per heavy atom. The van der Waals surface area contributed by atoms with Crippen molar-refractivity contribution in [3.05, 3.63) is 119 Å². The highest BCUT2D eigenvalue weighted by molar-refractivity contribution is 6.10. The van der Waals surface area contributed by atoms with Crippen LogP contribution in [0.3, 0.4) is 0 Å². The van der Waals surface area contributed by atoms with Crippen LogP contribution in [0.25, 0.3) is 22.0 Å². The van der Waals surface area contributed by atoms with Gasteiger partial charge in [0.15, 0.2) is 11.5 Å². The van der Waals surface area contributed by atoms with E-state index in [1.54, 1.807) is 19.1 Å². The first-order valence-electron chi connectivity index (χ1n) is 13.3. The number of hydrazone groups is 1. The van der Waals surface area contributed by atoms with Crippen LogP contribution in [-0.4, -0.2) is 29.7 Å². The van der Waals surface area contributed by atoms with Crippen LogP contribution in [0.15, 0.2) is 96.1 Å². The molecule has 2 N–H and O–H groups in total. The van der Waals surface area contributed by atoms with Gasteiger partial charge in [0, 0.05) is 10.9 Å². The summed E-state index contributed by atoms with van der Waals surface area (Å²) in [6, 6.07) is 25.0. The summed E-state index contributed by atoms with van der Waals surface area (Å²) in [6.07, 6.45) is -3.26. The van der Waals surface area contributed by atoms with E-state index in [2.05, 4.69) is 21.6 Å². The van der Waals surface area contributed by atoms with Crippen molar-refractivity contribution in [1.29, 1.82) is 5.26 Å². The summed E-state index contributed by atoms with van der Waals surface area (Å²) in [5.41, 5.74) is 4.25. The van der Waals surface area contributed by atoms with Gasteiger partial charge in [-0.05, 0) is 60.5 Å². The summed E-state index contributed by atoms with van der Waals surface area (Å²) in [4.78, 5) is 29.0. The molecule has 8 nitrogen and oxygen atoms in total. The van der Waals surface area contributed by atoms with E-state index in [0.717, 1.165) is 17.7 Å². The van der Waals surface area contributed by atoms with Crippen LogP contribution >= 0.6 is 0 Å². The van der Waals surface area contributed by atoms with Crippen molar-refractivity contribution in [2.75, 3.05) is 6.61 Å². The highest BCUT2D eigenvalue weighted by atomic mass is 19.4.